The molecule has 0 amide bonds. The summed E-state index contributed by atoms with van der Waals surface area (Å²) in [4.78, 5) is 5.00. The molecular weight excluding hydrogens is 246 g/mol. The van der Waals surface area contributed by atoms with E-state index in [0.29, 0.717) is 0 Å². The van der Waals surface area contributed by atoms with Gasteiger partial charge in [-0.25, -0.2) is 0 Å². The van der Waals surface area contributed by atoms with Crippen LogP contribution in [0.4, 0.5) is 0 Å². The number of likely N-dealkylation sites (N-methyl/N-ethyl adjacent to an activating group) is 1. The lowest BCUT2D eigenvalue weighted by Crippen LogP contribution is -2.48. The van der Waals surface area contributed by atoms with Gasteiger partial charge in [-0.1, -0.05) is 30.3 Å². The molecular formula is C17H27N3. The highest BCUT2D eigenvalue weighted by molar-refractivity contribution is 5.22. The molecule has 0 bridgehead atoms. The first-order valence-electron chi connectivity index (χ1n) is 8.00. The van der Waals surface area contributed by atoms with Crippen LogP contribution in [-0.2, 0) is 0 Å². The van der Waals surface area contributed by atoms with Crippen LogP contribution < -0.4 is 5.32 Å². The van der Waals surface area contributed by atoms with Gasteiger partial charge in [-0.2, -0.15) is 0 Å². The minimum absolute atomic E-state index is 0.743. The van der Waals surface area contributed by atoms with Gasteiger partial charge in [-0.15, -0.1) is 0 Å². The van der Waals surface area contributed by atoms with E-state index in [9.17, 15) is 0 Å². The van der Waals surface area contributed by atoms with Crippen LogP contribution in [-0.4, -0.2) is 62.2 Å². The van der Waals surface area contributed by atoms with Crippen molar-refractivity contribution < 1.29 is 0 Å². The fourth-order valence-corrected chi connectivity index (χ4v) is 3.28. The Labute approximate surface area is 123 Å². The zero-order valence-electron chi connectivity index (χ0n) is 12.6. The summed E-state index contributed by atoms with van der Waals surface area (Å²) in [7, 11) is 2.22. The van der Waals surface area contributed by atoms with Gasteiger partial charge in [-0.3, -0.25) is 4.90 Å². The van der Waals surface area contributed by atoms with Crippen LogP contribution in [0.2, 0.25) is 0 Å². The highest BCUT2D eigenvalue weighted by Gasteiger charge is 2.29. The summed E-state index contributed by atoms with van der Waals surface area (Å²) in [6.45, 7) is 7.26. The minimum Gasteiger partial charge on any atom is -0.313 e. The van der Waals surface area contributed by atoms with Crippen LogP contribution in [0.25, 0.3) is 0 Å². The summed E-state index contributed by atoms with van der Waals surface area (Å²) < 4.78 is 0. The van der Waals surface area contributed by atoms with Crippen LogP contribution in [0.1, 0.15) is 24.3 Å². The van der Waals surface area contributed by atoms with Crippen molar-refractivity contribution in [2.45, 2.75) is 24.8 Å². The predicted molar refractivity (Wildman–Crippen MR) is 84.1 cm³/mol. The lowest BCUT2D eigenvalue weighted by molar-refractivity contribution is 0.150. The van der Waals surface area contributed by atoms with Gasteiger partial charge in [0.05, 0.1) is 0 Å². The third-order valence-corrected chi connectivity index (χ3v) is 4.87. The van der Waals surface area contributed by atoms with Gasteiger partial charge in [0.2, 0.25) is 0 Å². The Morgan fingerprint density at radius 3 is 2.45 bits per heavy atom. The van der Waals surface area contributed by atoms with Gasteiger partial charge in [0.25, 0.3) is 0 Å². The molecule has 1 aromatic carbocycles. The molecule has 3 nitrogen and oxygen atoms in total. The van der Waals surface area contributed by atoms with Crippen LogP contribution in [0.3, 0.4) is 0 Å². The molecule has 1 aliphatic carbocycles. The Morgan fingerprint density at radius 2 is 1.75 bits per heavy atom. The highest BCUT2D eigenvalue weighted by atomic mass is 15.2. The van der Waals surface area contributed by atoms with E-state index in [1.807, 2.05) is 0 Å². The fourth-order valence-electron chi connectivity index (χ4n) is 3.28. The maximum atomic E-state index is 3.72. The third-order valence-electron chi connectivity index (χ3n) is 4.87. The Balaban J connectivity index is 1.30. The van der Waals surface area contributed by atoms with E-state index in [2.05, 4.69) is 52.5 Å². The molecule has 1 saturated heterocycles. The molecule has 2 aliphatic rings. The summed E-state index contributed by atoms with van der Waals surface area (Å²) in [5.74, 6) is 0.789. The second-order valence-electron chi connectivity index (χ2n) is 6.37. The van der Waals surface area contributed by atoms with Crippen LogP contribution >= 0.6 is 0 Å². The van der Waals surface area contributed by atoms with Crippen LogP contribution in [0.15, 0.2) is 30.3 Å². The molecule has 1 aromatic rings. The van der Waals surface area contributed by atoms with Gasteiger partial charge in [0.15, 0.2) is 0 Å². The summed E-state index contributed by atoms with van der Waals surface area (Å²) in [5.41, 5.74) is 1.52. The Bertz CT molecular complexity index is 392. The van der Waals surface area contributed by atoms with E-state index in [1.165, 1.54) is 51.1 Å². The normalized spacial score (nSPS) is 28.2. The van der Waals surface area contributed by atoms with Gasteiger partial charge in [-0.05, 0) is 31.4 Å². The van der Waals surface area contributed by atoms with Gasteiger partial charge >= 0.3 is 0 Å². The lowest BCUT2D eigenvalue weighted by atomic mass is 9.76. The first-order chi connectivity index (χ1) is 9.81. The number of rotatable bonds is 5. The monoisotopic (exact) mass is 273 g/mol. The van der Waals surface area contributed by atoms with Crippen molar-refractivity contribution in [3.8, 4) is 0 Å². The summed E-state index contributed by atoms with van der Waals surface area (Å²) in [6.07, 6.45) is 2.62. The summed E-state index contributed by atoms with van der Waals surface area (Å²) in [6, 6.07) is 11.7. The van der Waals surface area contributed by atoms with Gasteiger partial charge in [0, 0.05) is 45.3 Å². The van der Waals surface area contributed by atoms with E-state index in [1.54, 1.807) is 0 Å². The maximum Gasteiger partial charge on any atom is 0.0110 e. The Hall–Kier alpha value is -0.900. The molecule has 3 rings (SSSR count). The van der Waals surface area contributed by atoms with Crippen molar-refractivity contribution >= 4 is 0 Å². The quantitative estimate of drug-likeness (QED) is 0.882. The van der Waals surface area contributed by atoms with E-state index in [-0.39, 0.29) is 0 Å². The largest absolute Gasteiger partial charge is 0.313 e. The lowest BCUT2D eigenvalue weighted by Gasteiger charge is -2.37. The molecule has 110 valence electrons. The molecule has 3 heteroatoms. The topological polar surface area (TPSA) is 18.5 Å². The van der Waals surface area contributed by atoms with E-state index in [0.717, 1.165) is 18.5 Å². The molecule has 1 heterocycles. The molecule has 0 aromatic heterocycles. The van der Waals surface area contributed by atoms with E-state index >= 15 is 0 Å². The van der Waals surface area contributed by atoms with Crippen LogP contribution in [0, 0.1) is 0 Å². The molecule has 0 radical (unpaired) electrons. The zero-order valence-corrected chi connectivity index (χ0v) is 12.6. The van der Waals surface area contributed by atoms with Crippen LogP contribution in [0.5, 0.6) is 0 Å². The maximum absolute atomic E-state index is 3.72. The summed E-state index contributed by atoms with van der Waals surface area (Å²) >= 11 is 0. The number of benzene rings is 1. The fraction of sp³-hybridized carbons (Fsp3) is 0.647. The Kier molecular flexibility index (Phi) is 4.71. The number of nitrogens with zero attached hydrogens (tertiary/aromatic N) is 2. The average molecular weight is 273 g/mol. The number of hydrogen-bond acceptors (Lipinski definition) is 3. The molecule has 1 saturated carbocycles. The highest BCUT2D eigenvalue weighted by Crippen LogP contribution is 2.36. The number of piperazine rings is 1. The van der Waals surface area contributed by atoms with E-state index in [4.69, 9.17) is 0 Å². The zero-order chi connectivity index (χ0) is 13.8. The number of hydrogen-bond donors (Lipinski definition) is 1. The van der Waals surface area contributed by atoms with Crippen molar-refractivity contribution in [1.82, 2.24) is 15.1 Å². The van der Waals surface area contributed by atoms with Crippen molar-refractivity contribution in [1.29, 1.82) is 0 Å². The first-order valence-corrected chi connectivity index (χ1v) is 8.00. The van der Waals surface area contributed by atoms with Crippen molar-refractivity contribution in [3.63, 3.8) is 0 Å². The second kappa shape index (κ2) is 6.70. The smallest absolute Gasteiger partial charge is 0.0110 e. The van der Waals surface area contributed by atoms with Gasteiger partial charge in [0.1, 0.15) is 0 Å². The molecule has 2 fully saturated rings. The Morgan fingerprint density at radius 1 is 1.05 bits per heavy atom. The van der Waals surface area contributed by atoms with Crippen molar-refractivity contribution in [3.05, 3.63) is 35.9 Å². The molecule has 0 atom stereocenters. The molecule has 1 aliphatic heterocycles. The summed E-state index contributed by atoms with van der Waals surface area (Å²) in [5, 5.41) is 3.72. The predicted octanol–water partition coefficient (Wildman–Crippen LogP) is 1.77. The standard InChI is InChI=1S/C17H27N3/c1-19-9-11-20(12-10-19)8-7-18-17-13-16(14-17)15-5-3-2-4-6-15/h2-6,16-18H,7-14H2,1H3. The molecule has 1 N–H and O–H groups in total. The van der Waals surface area contributed by atoms with Crippen molar-refractivity contribution in [2.24, 2.45) is 0 Å². The number of nitrogens with one attached hydrogen (secondary N) is 1. The van der Waals surface area contributed by atoms with Gasteiger partial charge < -0.3 is 10.2 Å². The third kappa shape index (κ3) is 3.60. The average Bonchev–Trinajstić information content (AvgIpc) is 2.44. The van der Waals surface area contributed by atoms with E-state index < -0.39 is 0 Å². The second-order valence-corrected chi connectivity index (χ2v) is 6.37. The minimum atomic E-state index is 0.743. The first kappa shape index (κ1) is 14.1. The molecule has 0 unspecified atom stereocenters. The van der Waals surface area contributed by atoms with Crippen molar-refractivity contribution in [2.75, 3.05) is 46.3 Å². The SMILES string of the molecule is CN1CCN(CCNC2CC(c3ccccc3)C2)CC1. The molecule has 20 heavy (non-hydrogen) atoms. The molecule has 0 spiro atoms.